The molecule has 4 nitrogen and oxygen atoms in total. The van der Waals surface area contributed by atoms with Crippen molar-refractivity contribution in [3.05, 3.63) is 0 Å². The number of nitrogens with two attached hydrogens (primary N) is 1. The van der Waals surface area contributed by atoms with Gasteiger partial charge in [0.2, 0.25) is 0 Å². The third kappa shape index (κ3) is 5.23. The number of ether oxygens (including phenoxy) is 1. The second-order valence-electron chi connectivity index (χ2n) is 3.47. The molecule has 0 amide bonds. The van der Waals surface area contributed by atoms with E-state index in [9.17, 15) is 9.90 Å². The monoisotopic (exact) mass is 175 g/mol. The predicted octanol–water partition coefficient (Wildman–Crippen LogP) is -0.310. The van der Waals surface area contributed by atoms with Gasteiger partial charge in [-0.25, -0.2) is 0 Å². The minimum Gasteiger partial charge on any atom is -0.383 e. The highest BCUT2D eigenvalue weighted by molar-refractivity contribution is 5.87. The van der Waals surface area contributed by atoms with Crippen LogP contribution in [-0.4, -0.2) is 35.7 Å². The number of rotatable bonds is 5. The molecule has 0 rings (SSSR count). The molecule has 0 aliphatic carbocycles. The number of carbonyl (C=O) groups excluding carboxylic acids is 1. The Morgan fingerprint density at radius 1 is 1.67 bits per heavy atom. The van der Waals surface area contributed by atoms with Gasteiger partial charge in [0.1, 0.15) is 12.2 Å². The largest absolute Gasteiger partial charge is 0.383 e. The zero-order chi connectivity index (χ0) is 9.78. The first-order valence-electron chi connectivity index (χ1n) is 3.93. The summed E-state index contributed by atoms with van der Waals surface area (Å²) >= 11 is 0. The van der Waals surface area contributed by atoms with E-state index < -0.39 is 5.60 Å². The molecule has 0 aliphatic heterocycles. The lowest BCUT2D eigenvalue weighted by Gasteiger charge is -2.15. The molecule has 1 unspecified atom stereocenters. The number of aliphatic hydroxyl groups is 1. The minimum absolute atomic E-state index is 0.0783. The summed E-state index contributed by atoms with van der Waals surface area (Å²) in [5.41, 5.74) is 4.08. The first kappa shape index (κ1) is 11.6. The Balaban J connectivity index is 3.59. The van der Waals surface area contributed by atoms with Crippen LogP contribution >= 0.6 is 0 Å². The van der Waals surface area contributed by atoms with Gasteiger partial charge >= 0.3 is 0 Å². The summed E-state index contributed by atoms with van der Waals surface area (Å²) in [5, 5.41) is 9.19. The smallest absolute Gasteiger partial charge is 0.189 e. The molecule has 0 saturated carbocycles. The number of hydrogen-bond donors (Lipinski definition) is 2. The normalized spacial score (nSPS) is 14.4. The molecule has 72 valence electrons. The van der Waals surface area contributed by atoms with Crippen molar-refractivity contribution in [1.29, 1.82) is 0 Å². The molecular formula is C8H17NO3. The number of Topliss-reactive ketones (excluding diaryl/α,β-unsaturated/α-hetero) is 1. The zero-order valence-electron chi connectivity index (χ0n) is 7.83. The van der Waals surface area contributed by atoms with Gasteiger partial charge in [0.05, 0.1) is 6.61 Å². The first-order valence-corrected chi connectivity index (χ1v) is 3.93. The molecule has 0 aliphatic rings. The molecule has 0 bridgehead atoms. The van der Waals surface area contributed by atoms with E-state index in [1.54, 1.807) is 6.92 Å². The Hall–Kier alpha value is -0.450. The highest BCUT2D eigenvalue weighted by Crippen LogP contribution is 2.02. The highest BCUT2D eigenvalue weighted by atomic mass is 16.5. The molecule has 0 aromatic heterocycles. The molecule has 0 heterocycles. The number of carbonyl (C=O) groups is 1. The van der Waals surface area contributed by atoms with Crippen molar-refractivity contribution >= 4 is 5.78 Å². The third-order valence-electron chi connectivity index (χ3n) is 1.30. The lowest BCUT2D eigenvalue weighted by molar-refractivity contribution is -0.139. The van der Waals surface area contributed by atoms with Crippen molar-refractivity contribution in [2.24, 2.45) is 5.73 Å². The average Bonchev–Trinajstić information content (AvgIpc) is 1.84. The van der Waals surface area contributed by atoms with Gasteiger partial charge in [-0.3, -0.25) is 4.79 Å². The van der Waals surface area contributed by atoms with Gasteiger partial charge in [-0.2, -0.15) is 0 Å². The van der Waals surface area contributed by atoms with E-state index in [-0.39, 0.29) is 18.4 Å². The standard InChI is InChI=1S/C8H17NO3/c1-6(9)4-12-5-7(10)8(2,3)11/h6,11H,4-5,9H2,1-3H3. The highest BCUT2D eigenvalue weighted by Gasteiger charge is 2.23. The van der Waals surface area contributed by atoms with E-state index in [0.717, 1.165) is 0 Å². The van der Waals surface area contributed by atoms with Crippen molar-refractivity contribution in [3.8, 4) is 0 Å². The van der Waals surface area contributed by atoms with Crippen molar-refractivity contribution in [3.63, 3.8) is 0 Å². The van der Waals surface area contributed by atoms with Crippen molar-refractivity contribution < 1.29 is 14.6 Å². The third-order valence-corrected chi connectivity index (χ3v) is 1.30. The van der Waals surface area contributed by atoms with E-state index >= 15 is 0 Å². The van der Waals surface area contributed by atoms with Crippen LogP contribution in [0.5, 0.6) is 0 Å². The molecule has 0 saturated heterocycles. The van der Waals surface area contributed by atoms with Gasteiger partial charge in [0.15, 0.2) is 5.78 Å². The molecule has 0 fully saturated rings. The fourth-order valence-corrected chi connectivity index (χ4v) is 0.514. The summed E-state index contributed by atoms with van der Waals surface area (Å²) in [6, 6.07) is -0.0837. The summed E-state index contributed by atoms with van der Waals surface area (Å²) in [7, 11) is 0. The molecule has 1 atom stereocenters. The van der Waals surface area contributed by atoms with Gasteiger partial charge < -0.3 is 15.6 Å². The number of hydrogen-bond acceptors (Lipinski definition) is 4. The lowest BCUT2D eigenvalue weighted by atomic mass is 10.1. The molecule has 0 radical (unpaired) electrons. The van der Waals surface area contributed by atoms with Crippen LogP contribution in [0, 0.1) is 0 Å². The minimum atomic E-state index is -1.31. The Bertz CT molecular complexity index is 149. The van der Waals surface area contributed by atoms with E-state index in [1.165, 1.54) is 13.8 Å². The summed E-state index contributed by atoms with van der Waals surface area (Å²) < 4.78 is 4.95. The van der Waals surface area contributed by atoms with Gasteiger partial charge in [-0.15, -0.1) is 0 Å². The van der Waals surface area contributed by atoms with Gasteiger partial charge in [-0.1, -0.05) is 0 Å². The fourth-order valence-electron chi connectivity index (χ4n) is 0.514. The molecule has 4 heteroatoms. The Kier molecular flexibility index (Phi) is 4.37. The van der Waals surface area contributed by atoms with Crippen molar-refractivity contribution in [2.75, 3.05) is 13.2 Å². The Morgan fingerprint density at radius 2 is 2.17 bits per heavy atom. The maximum Gasteiger partial charge on any atom is 0.189 e. The molecule has 12 heavy (non-hydrogen) atoms. The molecule has 0 spiro atoms. The second kappa shape index (κ2) is 4.54. The van der Waals surface area contributed by atoms with E-state index in [1.807, 2.05) is 0 Å². The Morgan fingerprint density at radius 3 is 2.50 bits per heavy atom. The summed E-state index contributed by atoms with van der Waals surface area (Å²) in [6.07, 6.45) is 0. The van der Waals surface area contributed by atoms with Crippen LogP contribution in [0.3, 0.4) is 0 Å². The number of ketones is 1. The van der Waals surface area contributed by atoms with Crippen molar-refractivity contribution in [2.45, 2.75) is 32.4 Å². The van der Waals surface area contributed by atoms with Gasteiger partial charge in [0, 0.05) is 6.04 Å². The van der Waals surface area contributed by atoms with Crippen LogP contribution in [0.4, 0.5) is 0 Å². The van der Waals surface area contributed by atoms with Crippen LogP contribution < -0.4 is 5.73 Å². The van der Waals surface area contributed by atoms with E-state index in [0.29, 0.717) is 6.61 Å². The lowest BCUT2D eigenvalue weighted by Crippen LogP contribution is -2.35. The maximum atomic E-state index is 11.0. The van der Waals surface area contributed by atoms with Crippen molar-refractivity contribution in [1.82, 2.24) is 0 Å². The molecule has 0 aromatic rings. The Labute approximate surface area is 72.7 Å². The van der Waals surface area contributed by atoms with Crippen LogP contribution in [0.2, 0.25) is 0 Å². The first-order chi connectivity index (χ1) is 5.34. The van der Waals surface area contributed by atoms with Crippen LogP contribution in [0.15, 0.2) is 0 Å². The summed E-state index contributed by atoms with van der Waals surface area (Å²) in [4.78, 5) is 11.0. The SMILES string of the molecule is CC(N)COCC(=O)C(C)(C)O. The topological polar surface area (TPSA) is 72.5 Å². The quantitative estimate of drug-likeness (QED) is 0.601. The van der Waals surface area contributed by atoms with Crippen LogP contribution in [-0.2, 0) is 9.53 Å². The second-order valence-corrected chi connectivity index (χ2v) is 3.47. The van der Waals surface area contributed by atoms with Crippen LogP contribution in [0.1, 0.15) is 20.8 Å². The zero-order valence-corrected chi connectivity index (χ0v) is 7.83. The maximum absolute atomic E-state index is 11.0. The molecular weight excluding hydrogens is 158 g/mol. The summed E-state index contributed by atoms with van der Waals surface area (Å²) in [5.74, 6) is -0.330. The molecule has 3 N–H and O–H groups in total. The van der Waals surface area contributed by atoms with Crippen LogP contribution in [0.25, 0.3) is 0 Å². The average molecular weight is 175 g/mol. The van der Waals surface area contributed by atoms with E-state index in [4.69, 9.17) is 10.5 Å². The van der Waals surface area contributed by atoms with Gasteiger partial charge in [-0.05, 0) is 20.8 Å². The predicted molar refractivity (Wildman–Crippen MR) is 45.8 cm³/mol. The summed E-state index contributed by atoms with van der Waals surface area (Å²) in [6.45, 7) is 4.91. The molecule has 0 aromatic carbocycles. The fraction of sp³-hybridized carbons (Fsp3) is 0.875. The van der Waals surface area contributed by atoms with E-state index in [2.05, 4.69) is 0 Å². The van der Waals surface area contributed by atoms with Gasteiger partial charge in [0.25, 0.3) is 0 Å².